The maximum atomic E-state index is 5.51. The van der Waals surface area contributed by atoms with Crippen LogP contribution in [0, 0.1) is 5.92 Å². The molecular weight excluding hydrogens is 150 g/mol. The number of hydrogen-bond donors (Lipinski definition) is 1. The monoisotopic (exact) mass is 163 g/mol. The van der Waals surface area contributed by atoms with Gasteiger partial charge in [-0.2, -0.15) is 0 Å². The summed E-state index contributed by atoms with van der Waals surface area (Å²) in [5.41, 5.74) is 6.90. The third-order valence-corrected chi connectivity index (χ3v) is 2.35. The molecule has 1 aliphatic carbocycles. The highest BCUT2D eigenvalue weighted by atomic mass is 16.5. The summed E-state index contributed by atoms with van der Waals surface area (Å²) in [4.78, 5) is 0. The Labute approximate surface area is 72.4 Å². The summed E-state index contributed by atoms with van der Waals surface area (Å²) in [7, 11) is 0. The van der Waals surface area contributed by atoms with Crippen LogP contribution in [0.4, 0.5) is 0 Å². The number of fused-ring (bicyclic) bond motifs is 1. The van der Waals surface area contributed by atoms with Crippen LogP contribution in [0.5, 0.6) is 0 Å². The molecule has 0 saturated heterocycles. The van der Waals surface area contributed by atoms with Crippen molar-refractivity contribution < 1.29 is 4.74 Å². The van der Waals surface area contributed by atoms with Crippen molar-refractivity contribution in [3.8, 4) is 0 Å². The molecule has 2 rings (SSSR count). The van der Waals surface area contributed by atoms with Gasteiger partial charge in [0.1, 0.15) is 6.10 Å². The third-order valence-electron chi connectivity index (χ3n) is 2.35. The maximum Gasteiger partial charge on any atom is 0.126 e. The Morgan fingerprint density at radius 3 is 3.17 bits per heavy atom. The fourth-order valence-corrected chi connectivity index (χ4v) is 1.73. The van der Waals surface area contributed by atoms with Crippen molar-refractivity contribution in [1.29, 1.82) is 0 Å². The number of ether oxygens (including phenoxy) is 1. The van der Waals surface area contributed by atoms with E-state index < -0.39 is 0 Å². The molecule has 0 fully saturated rings. The molecule has 1 aliphatic heterocycles. The van der Waals surface area contributed by atoms with Gasteiger partial charge in [-0.1, -0.05) is 17.7 Å². The lowest BCUT2D eigenvalue weighted by Crippen LogP contribution is -2.19. The maximum absolute atomic E-state index is 5.51. The number of allylic oxidation sites excluding steroid dienone is 2. The van der Waals surface area contributed by atoms with Crippen LogP contribution in [0.25, 0.3) is 0 Å². The highest BCUT2D eigenvalue weighted by molar-refractivity contribution is 5.30. The number of nitrogens with two attached hydrogens (primary N) is 1. The number of rotatable bonds is 2. The highest BCUT2D eigenvalue weighted by Gasteiger charge is 2.26. The topological polar surface area (TPSA) is 35.2 Å². The quantitative estimate of drug-likeness (QED) is 0.667. The van der Waals surface area contributed by atoms with Crippen molar-refractivity contribution in [3.05, 3.63) is 36.1 Å². The minimum atomic E-state index is 0.233. The Balaban J connectivity index is 2.15. The summed E-state index contributed by atoms with van der Waals surface area (Å²) in [6.45, 7) is 0.719. The van der Waals surface area contributed by atoms with Gasteiger partial charge in [0.2, 0.25) is 0 Å². The first kappa shape index (κ1) is 7.62. The molecule has 0 bridgehead atoms. The highest BCUT2D eigenvalue weighted by Crippen LogP contribution is 2.30. The van der Waals surface area contributed by atoms with Gasteiger partial charge in [-0.15, -0.1) is 0 Å². The Bertz CT molecular complexity index is 253. The van der Waals surface area contributed by atoms with Crippen LogP contribution >= 0.6 is 0 Å². The second-order valence-electron chi connectivity index (χ2n) is 3.12. The molecule has 0 spiro atoms. The van der Waals surface area contributed by atoms with Crippen molar-refractivity contribution in [1.82, 2.24) is 0 Å². The average molecular weight is 163 g/mol. The van der Waals surface area contributed by atoms with Gasteiger partial charge in [-0.25, -0.2) is 0 Å². The molecule has 2 unspecified atom stereocenters. The minimum absolute atomic E-state index is 0.233. The Morgan fingerprint density at radius 1 is 1.42 bits per heavy atom. The van der Waals surface area contributed by atoms with E-state index in [4.69, 9.17) is 10.5 Å². The summed E-state index contributed by atoms with van der Waals surface area (Å²) in [5.74, 6) is 0.443. The van der Waals surface area contributed by atoms with Crippen LogP contribution in [-0.2, 0) is 4.74 Å². The molecule has 2 nitrogen and oxygen atoms in total. The fourth-order valence-electron chi connectivity index (χ4n) is 1.73. The van der Waals surface area contributed by atoms with E-state index >= 15 is 0 Å². The lowest BCUT2D eigenvalue weighted by Gasteiger charge is -2.21. The molecule has 0 radical (unpaired) electrons. The van der Waals surface area contributed by atoms with Crippen LogP contribution in [-0.4, -0.2) is 12.6 Å². The molecule has 0 aromatic heterocycles. The molecule has 2 atom stereocenters. The molecule has 0 saturated carbocycles. The van der Waals surface area contributed by atoms with E-state index in [1.165, 1.54) is 5.57 Å². The van der Waals surface area contributed by atoms with E-state index in [1.54, 1.807) is 6.26 Å². The summed E-state index contributed by atoms with van der Waals surface area (Å²) in [6.07, 6.45) is 11.4. The van der Waals surface area contributed by atoms with Gasteiger partial charge in [0, 0.05) is 5.92 Å². The molecule has 2 aliphatic rings. The van der Waals surface area contributed by atoms with Crippen LogP contribution in [0.2, 0.25) is 0 Å². The normalized spacial score (nSPS) is 31.2. The van der Waals surface area contributed by atoms with Crippen LogP contribution in [0.3, 0.4) is 0 Å². The van der Waals surface area contributed by atoms with Gasteiger partial charge in [0.05, 0.1) is 6.26 Å². The smallest absolute Gasteiger partial charge is 0.126 e. The van der Waals surface area contributed by atoms with Crippen molar-refractivity contribution in [3.63, 3.8) is 0 Å². The lowest BCUT2D eigenvalue weighted by molar-refractivity contribution is 0.187. The van der Waals surface area contributed by atoms with Crippen LogP contribution in [0.1, 0.15) is 6.42 Å². The predicted molar refractivity (Wildman–Crippen MR) is 48.4 cm³/mol. The zero-order valence-electron chi connectivity index (χ0n) is 6.94. The van der Waals surface area contributed by atoms with Gasteiger partial charge in [0.15, 0.2) is 0 Å². The fraction of sp³-hybridized carbons (Fsp3) is 0.400. The molecule has 0 aromatic rings. The number of hydrogen-bond acceptors (Lipinski definition) is 2. The Hall–Kier alpha value is -1.02. The van der Waals surface area contributed by atoms with Gasteiger partial charge in [-0.05, 0) is 25.1 Å². The van der Waals surface area contributed by atoms with Gasteiger partial charge >= 0.3 is 0 Å². The van der Waals surface area contributed by atoms with E-state index in [0.29, 0.717) is 5.92 Å². The molecular formula is C10H13NO. The first-order valence-corrected chi connectivity index (χ1v) is 4.31. The van der Waals surface area contributed by atoms with Crippen LogP contribution < -0.4 is 5.73 Å². The second-order valence-corrected chi connectivity index (χ2v) is 3.12. The van der Waals surface area contributed by atoms with E-state index in [1.807, 2.05) is 0 Å². The van der Waals surface area contributed by atoms with Gasteiger partial charge in [-0.3, -0.25) is 0 Å². The van der Waals surface area contributed by atoms with Crippen LogP contribution in [0.15, 0.2) is 36.1 Å². The Kier molecular flexibility index (Phi) is 2.00. The SMILES string of the molecule is NCCC1=CC=CC2OC=CC12. The minimum Gasteiger partial charge on any atom is -0.493 e. The van der Waals surface area contributed by atoms with Crippen molar-refractivity contribution in [2.24, 2.45) is 11.7 Å². The van der Waals surface area contributed by atoms with Crippen molar-refractivity contribution in [2.45, 2.75) is 12.5 Å². The zero-order valence-corrected chi connectivity index (χ0v) is 6.94. The zero-order chi connectivity index (χ0) is 8.39. The summed E-state index contributed by atoms with van der Waals surface area (Å²) < 4.78 is 5.38. The first-order valence-electron chi connectivity index (χ1n) is 4.31. The molecule has 0 aromatic carbocycles. The van der Waals surface area contributed by atoms with E-state index in [9.17, 15) is 0 Å². The molecule has 12 heavy (non-hydrogen) atoms. The molecule has 0 amide bonds. The van der Waals surface area contributed by atoms with Crippen molar-refractivity contribution >= 4 is 0 Å². The predicted octanol–water partition coefficient (Wildman–Crippen LogP) is 1.36. The summed E-state index contributed by atoms with van der Waals surface area (Å²) >= 11 is 0. The Morgan fingerprint density at radius 2 is 2.33 bits per heavy atom. The summed E-state index contributed by atoms with van der Waals surface area (Å²) in [5, 5.41) is 0. The van der Waals surface area contributed by atoms with Gasteiger partial charge in [0.25, 0.3) is 0 Å². The van der Waals surface area contributed by atoms with E-state index in [0.717, 1.165) is 13.0 Å². The van der Waals surface area contributed by atoms with Gasteiger partial charge < -0.3 is 10.5 Å². The largest absolute Gasteiger partial charge is 0.493 e. The third kappa shape index (κ3) is 1.18. The van der Waals surface area contributed by atoms with Crippen molar-refractivity contribution in [2.75, 3.05) is 6.54 Å². The summed E-state index contributed by atoms with van der Waals surface area (Å²) in [6, 6.07) is 0. The average Bonchev–Trinajstić information content (AvgIpc) is 2.53. The second kappa shape index (κ2) is 3.15. The molecule has 1 heterocycles. The van der Waals surface area contributed by atoms with E-state index in [-0.39, 0.29) is 6.10 Å². The lowest BCUT2D eigenvalue weighted by atomic mass is 9.88. The molecule has 64 valence electrons. The molecule has 2 N–H and O–H groups in total. The molecule has 2 heteroatoms. The van der Waals surface area contributed by atoms with E-state index in [2.05, 4.69) is 24.3 Å². The standard InChI is InChI=1S/C10H13NO/c11-6-4-8-2-1-3-10-9(8)5-7-12-10/h1-3,5,7,9-10H,4,6,11H2. The first-order chi connectivity index (χ1) is 5.92.